The van der Waals surface area contributed by atoms with E-state index in [2.05, 4.69) is 26.1 Å². The number of sulfonamides is 1. The molecule has 0 spiro atoms. The smallest absolute Gasteiger partial charge is 0.243 e. The van der Waals surface area contributed by atoms with Gasteiger partial charge in [0.1, 0.15) is 15.8 Å². The Bertz CT molecular complexity index is 1090. The first-order chi connectivity index (χ1) is 14.5. The Labute approximate surface area is 189 Å². The van der Waals surface area contributed by atoms with E-state index in [0.717, 1.165) is 45.1 Å². The third kappa shape index (κ3) is 4.74. The van der Waals surface area contributed by atoms with E-state index in [1.54, 1.807) is 47.0 Å². The lowest BCUT2D eigenvalue weighted by Gasteiger charge is -2.30. The van der Waals surface area contributed by atoms with Crippen LogP contribution in [0.3, 0.4) is 0 Å². The summed E-state index contributed by atoms with van der Waals surface area (Å²) in [5.74, 6) is 1.09. The van der Waals surface area contributed by atoms with Gasteiger partial charge in [-0.15, -0.1) is 21.5 Å². The van der Waals surface area contributed by atoms with Crippen molar-refractivity contribution >= 4 is 37.3 Å². The Hall–Kier alpha value is -1.81. The maximum absolute atomic E-state index is 12.9. The van der Waals surface area contributed by atoms with Gasteiger partial charge in [-0.2, -0.15) is 4.31 Å². The van der Waals surface area contributed by atoms with Gasteiger partial charge in [-0.05, 0) is 54.8 Å². The van der Waals surface area contributed by atoms with Crippen LogP contribution in [0.1, 0.15) is 34.3 Å². The van der Waals surface area contributed by atoms with E-state index in [1.165, 1.54) is 0 Å². The van der Waals surface area contributed by atoms with Crippen molar-refractivity contribution < 1.29 is 13.2 Å². The van der Waals surface area contributed by atoms with Gasteiger partial charge in [0.05, 0.1) is 12.0 Å². The van der Waals surface area contributed by atoms with Crippen LogP contribution in [0, 0.1) is 0 Å². The number of aromatic nitrogens is 2. The maximum atomic E-state index is 12.9. The van der Waals surface area contributed by atoms with Crippen LogP contribution in [0.2, 0.25) is 0 Å². The Morgan fingerprint density at radius 2 is 1.73 bits per heavy atom. The van der Waals surface area contributed by atoms with Gasteiger partial charge in [-0.1, -0.05) is 28.1 Å². The van der Waals surface area contributed by atoms with Crippen molar-refractivity contribution in [3.8, 4) is 5.75 Å². The number of halogens is 1. The summed E-state index contributed by atoms with van der Waals surface area (Å²) >= 11 is 4.97. The molecule has 2 aromatic carbocycles. The van der Waals surface area contributed by atoms with Crippen LogP contribution in [-0.2, 0) is 16.4 Å². The first kappa shape index (κ1) is 21.4. The van der Waals surface area contributed by atoms with Gasteiger partial charge in [0, 0.05) is 29.9 Å². The molecular formula is C21H22BrN3O3S2. The van der Waals surface area contributed by atoms with Crippen LogP contribution in [0.15, 0.2) is 57.9 Å². The fourth-order valence-electron chi connectivity index (χ4n) is 3.52. The lowest BCUT2D eigenvalue weighted by molar-refractivity contribution is 0.318. The first-order valence-corrected chi connectivity index (χ1v) is 12.7. The van der Waals surface area contributed by atoms with Crippen molar-refractivity contribution in [2.45, 2.75) is 30.1 Å². The molecule has 1 aromatic heterocycles. The Balaban J connectivity index is 1.38. The van der Waals surface area contributed by atoms with Crippen molar-refractivity contribution in [2.75, 3.05) is 20.2 Å². The van der Waals surface area contributed by atoms with E-state index in [4.69, 9.17) is 4.74 Å². The second kappa shape index (κ2) is 9.13. The highest BCUT2D eigenvalue weighted by Gasteiger charge is 2.31. The van der Waals surface area contributed by atoms with Crippen LogP contribution < -0.4 is 4.74 Å². The van der Waals surface area contributed by atoms with E-state index in [0.29, 0.717) is 18.0 Å². The van der Waals surface area contributed by atoms with Crippen molar-refractivity contribution in [2.24, 2.45) is 0 Å². The average molecular weight is 508 g/mol. The fraction of sp³-hybridized carbons (Fsp3) is 0.333. The van der Waals surface area contributed by atoms with E-state index < -0.39 is 10.0 Å². The summed E-state index contributed by atoms with van der Waals surface area (Å²) in [4.78, 5) is 0.335. The second-order valence-corrected chi connectivity index (χ2v) is 11.1. The van der Waals surface area contributed by atoms with Gasteiger partial charge in [0.25, 0.3) is 0 Å². The lowest BCUT2D eigenvalue weighted by Crippen LogP contribution is -2.37. The quantitative estimate of drug-likeness (QED) is 0.492. The molecule has 0 atom stereocenters. The molecule has 3 aromatic rings. The number of methoxy groups -OCH3 is 1. The molecule has 6 nitrogen and oxygen atoms in total. The standard InChI is InChI=1S/C21H22BrN3O3S2/c1-28-18-6-2-15(3-7-18)14-20-23-24-21(29-20)16-10-12-25(13-11-16)30(26,27)19-8-4-17(22)5-9-19/h2-9,16H,10-14H2,1H3. The molecule has 30 heavy (non-hydrogen) atoms. The molecule has 0 amide bonds. The van der Waals surface area contributed by atoms with Crippen molar-refractivity contribution in [3.63, 3.8) is 0 Å². The predicted molar refractivity (Wildman–Crippen MR) is 121 cm³/mol. The van der Waals surface area contributed by atoms with Gasteiger partial charge in [-0.3, -0.25) is 0 Å². The summed E-state index contributed by atoms with van der Waals surface area (Å²) < 4.78 is 33.4. The molecule has 1 fully saturated rings. The highest BCUT2D eigenvalue weighted by molar-refractivity contribution is 9.10. The monoisotopic (exact) mass is 507 g/mol. The van der Waals surface area contributed by atoms with Crippen molar-refractivity contribution in [1.29, 1.82) is 0 Å². The molecule has 0 radical (unpaired) electrons. The van der Waals surface area contributed by atoms with E-state index >= 15 is 0 Å². The van der Waals surface area contributed by atoms with Gasteiger partial charge in [-0.25, -0.2) is 8.42 Å². The summed E-state index contributed by atoms with van der Waals surface area (Å²) in [7, 11) is -1.80. The van der Waals surface area contributed by atoms with Crippen LogP contribution in [0.4, 0.5) is 0 Å². The van der Waals surface area contributed by atoms with Crippen LogP contribution in [-0.4, -0.2) is 43.1 Å². The summed E-state index contributed by atoms with van der Waals surface area (Å²) in [6.45, 7) is 0.993. The topological polar surface area (TPSA) is 72.4 Å². The van der Waals surface area contributed by atoms with Gasteiger partial charge in [0.15, 0.2) is 0 Å². The highest BCUT2D eigenvalue weighted by Crippen LogP contribution is 2.33. The maximum Gasteiger partial charge on any atom is 0.243 e. The lowest BCUT2D eigenvalue weighted by atomic mass is 9.99. The molecule has 1 saturated heterocycles. The summed E-state index contributed by atoms with van der Waals surface area (Å²) in [6.07, 6.45) is 2.25. The minimum absolute atomic E-state index is 0.253. The van der Waals surface area contributed by atoms with Gasteiger partial charge >= 0.3 is 0 Å². The molecule has 0 saturated carbocycles. The SMILES string of the molecule is COc1ccc(Cc2nnc(C3CCN(S(=O)(=O)c4ccc(Br)cc4)CC3)s2)cc1. The molecular weight excluding hydrogens is 486 g/mol. The Morgan fingerprint density at radius 1 is 1.07 bits per heavy atom. The summed E-state index contributed by atoms with van der Waals surface area (Å²) in [5, 5.41) is 10.7. The molecule has 1 aliphatic heterocycles. The highest BCUT2D eigenvalue weighted by atomic mass is 79.9. The number of hydrogen-bond acceptors (Lipinski definition) is 6. The van der Waals surface area contributed by atoms with Crippen LogP contribution in [0.5, 0.6) is 5.75 Å². The molecule has 0 unspecified atom stereocenters. The van der Waals surface area contributed by atoms with Gasteiger partial charge in [0.2, 0.25) is 10.0 Å². The van der Waals surface area contributed by atoms with Crippen molar-refractivity contribution in [1.82, 2.24) is 14.5 Å². The van der Waals surface area contributed by atoms with Gasteiger partial charge < -0.3 is 4.74 Å². The zero-order chi connectivity index (χ0) is 21.1. The molecule has 9 heteroatoms. The Morgan fingerprint density at radius 3 is 2.37 bits per heavy atom. The van der Waals surface area contributed by atoms with E-state index in [9.17, 15) is 8.42 Å². The Kier molecular flexibility index (Phi) is 6.52. The molecule has 0 aliphatic carbocycles. The number of rotatable bonds is 6. The normalized spacial score (nSPS) is 15.9. The molecule has 158 valence electrons. The summed E-state index contributed by atoms with van der Waals surface area (Å²) in [6, 6.07) is 14.7. The molecule has 0 N–H and O–H groups in total. The molecule has 2 heterocycles. The van der Waals surface area contributed by atoms with Crippen molar-refractivity contribution in [3.05, 3.63) is 68.6 Å². The minimum Gasteiger partial charge on any atom is -0.497 e. The molecule has 1 aliphatic rings. The molecule has 0 bridgehead atoms. The van der Waals surface area contributed by atoms with Crippen LogP contribution in [0.25, 0.3) is 0 Å². The summed E-state index contributed by atoms with van der Waals surface area (Å²) in [5.41, 5.74) is 1.16. The number of hydrogen-bond donors (Lipinski definition) is 0. The van der Waals surface area contributed by atoms with E-state index in [1.807, 2.05) is 24.3 Å². The first-order valence-electron chi connectivity index (χ1n) is 9.66. The second-order valence-electron chi connectivity index (χ2n) is 7.19. The fourth-order valence-corrected chi connectivity index (χ4v) is 6.30. The number of benzene rings is 2. The zero-order valence-electron chi connectivity index (χ0n) is 16.5. The minimum atomic E-state index is -3.46. The molecule has 4 rings (SSSR count). The third-order valence-corrected chi connectivity index (χ3v) is 8.78. The number of ether oxygens (including phenoxy) is 1. The zero-order valence-corrected chi connectivity index (χ0v) is 19.7. The van der Waals surface area contributed by atoms with E-state index in [-0.39, 0.29) is 5.92 Å². The number of piperidine rings is 1. The average Bonchev–Trinajstić information content (AvgIpc) is 3.23. The largest absolute Gasteiger partial charge is 0.497 e. The van der Waals surface area contributed by atoms with Crippen LogP contribution >= 0.6 is 27.3 Å². The number of nitrogens with zero attached hydrogens (tertiary/aromatic N) is 3. The third-order valence-electron chi connectivity index (χ3n) is 5.25. The predicted octanol–water partition coefficient (Wildman–Crippen LogP) is 4.47.